The van der Waals surface area contributed by atoms with Gasteiger partial charge < -0.3 is 15.2 Å². The van der Waals surface area contributed by atoms with Gasteiger partial charge in [-0.15, -0.1) is 0 Å². The zero-order valence-electron chi connectivity index (χ0n) is 11.6. The Labute approximate surface area is 118 Å². The minimum Gasteiger partial charge on any atom is -0.481 e. The molecular weight excluding hydrogens is 258 g/mol. The molecule has 3 aliphatic rings. The molecule has 0 unspecified atom stereocenters. The highest BCUT2D eigenvalue weighted by Gasteiger charge is 2.64. The first kappa shape index (κ1) is 13.5. The van der Waals surface area contributed by atoms with Crippen molar-refractivity contribution in [2.45, 2.75) is 44.6 Å². The van der Waals surface area contributed by atoms with E-state index in [-0.39, 0.29) is 24.7 Å². The summed E-state index contributed by atoms with van der Waals surface area (Å²) in [7, 11) is 0. The van der Waals surface area contributed by atoms with Gasteiger partial charge in [0, 0.05) is 6.04 Å². The zero-order chi connectivity index (χ0) is 14.4. The summed E-state index contributed by atoms with van der Waals surface area (Å²) in [4.78, 5) is 22.2. The number of carbonyl (C=O) groups is 2. The van der Waals surface area contributed by atoms with Gasteiger partial charge in [0.1, 0.15) is 6.61 Å². The molecule has 2 spiro atoms. The Morgan fingerprint density at radius 3 is 2.40 bits per heavy atom. The summed E-state index contributed by atoms with van der Waals surface area (Å²) in [5.41, 5.74) is 0.692. The van der Waals surface area contributed by atoms with Crippen LogP contribution in [-0.2, 0) is 9.53 Å². The smallest absolute Gasteiger partial charge is 0.407 e. The van der Waals surface area contributed by atoms with E-state index in [1.807, 2.05) is 0 Å². The number of aliphatic carboxylic acids is 1. The highest BCUT2D eigenvalue weighted by Crippen LogP contribution is 2.72. The zero-order valence-corrected chi connectivity index (χ0v) is 11.6. The number of hydrogen-bond donors (Lipinski definition) is 2. The molecule has 0 aromatic heterocycles. The van der Waals surface area contributed by atoms with Gasteiger partial charge in [-0.05, 0) is 49.4 Å². The fourth-order valence-corrected chi connectivity index (χ4v) is 4.71. The summed E-state index contributed by atoms with van der Waals surface area (Å²) in [5.74, 6) is -0.759. The van der Waals surface area contributed by atoms with E-state index in [4.69, 9.17) is 9.84 Å². The fourth-order valence-electron chi connectivity index (χ4n) is 4.71. The van der Waals surface area contributed by atoms with E-state index in [0.717, 1.165) is 38.5 Å². The summed E-state index contributed by atoms with van der Waals surface area (Å²) in [6.45, 7) is 3.73. The molecule has 3 aliphatic carbocycles. The van der Waals surface area contributed by atoms with Gasteiger partial charge in [0.15, 0.2) is 0 Å². The van der Waals surface area contributed by atoms with Crippen molar-refractivity contribution < 1.29 is 19.4 Å². The number of rotatable bonds is 4. The maximum Gasteiger partial charge on any atom is 0.407 e. The van der Waals surface area contributed by atoms with E-state index in [2.05, 4.69) is 11.9 Å². The lowest BCUT2D eigenvalue weighted by atomic mass is 9.37. The Bertz CT molecular complexity index is 437. The average Bonchev–Trinajstić information content (AvgIpc) is 2.24. The van der Waals surface area contributed by atoms with Crippen molar-refractivity contribution in [3.63, 3.8) is 0 Å². The third-order valence-electron chi connectivity index (χ3n) is 5.22. The van der Waals surface area contributed by atoms with Gasteiger partial charge in [0.2, 0.25) is 0 Å². The highest BCUT2D eigenvalue weighted by molar-refractivity contribution is 5.71. The van der Waals surface area contributed by atoms with Crippen LogP contribution in [0.25, 0.3) is 0 Å². The van der Waals surface area contributed by atoms with Crippen molar-refractivity contribution in [2.75, 3.05) is 6.61 Å². The normalized spacial score (nSPS) is 41.2. The van der Waals surface area contributed by atoms with Crippen LogP contribution in [0.1, 0.15) is 38.5 Å². The molecule has 0 saturated heterocycles. The first-order valence-electron chi connectivity index (χ1n) is 7.23. The molecule has 0 aromatic carbocycles. The largest absolute Gasteiger partial charge is 0.481 e. The maximum absolute atomic E-state index is 11.4. The molecule has 3 rings (SSSR count). The maximum atomic E-state index is 11.4. The second-order valence-corrected chi connectivity index (χ2v) is 6.93. The van der Waals surface area contributed by atoms with Gasteiger partial charge in [-0.2, -0.15) is 0 Å². The van der Waals surface area contributed by atoms with Crippen LogP contribution in [0.2, 0.25) is 0 Å². The van der Waals surface area contributed by atoms with Gasteiger partial charge in [0.25, 0.3) is 0 Å². The molecule has 5 heteroatoms. The average molecular weight is 279 g/mol. The van der Waals surface area contributed by atoms with Gasteiger partial charge in [-0.3, -0.25) is 4.79 Å². The molecule has 0 heterocycles. The topological polar surface area (TPSA) is 75.6 Å². The summed E-state index contributed by atoms with van der Waals surface area (Å²) in [6.07, 6.45) is 7.19. The van der Waals surface area contributed by atoms with Gasteiger partial charge in [0.05, 0.1) is 5.92 Å². The predicted molar refractivity (Wildman–Crippen MR) is 72.2 cm³/mol. The van der Waals surface area contributed by atoms with E-state index in [9.17, 15) is 9.59 Å². The second kappa shape index (κ2) is 4.50. The molecule has 3 saturated carbocycles. The first-order valence-corrected chi connectivity index (χ1v) is 7.23. The molecule has 0 aliphatic heterocycles. The van der Waals surface area contributed by atoms with E-state index in [1.165, 1.54) is 0 Å². The third-order valence-corrected chi connectivity index (χ3v) is 5.22. The van der Waals surface area contributed by atoms with Gasteiger partial charge >= 0.3 is 12.1 Å². The van der Waals surface area contributed by atoms with Crippen LogP contribution in [0.4, 0.5) is 4.79 Å². The minimum atomic E-state index is -0.644. The lowest BCUT2D eigenvalue weighted by Gasteiger charge is -2.68. The lowest BCUT2D eigenvalue weighted by Crippen LogP contribution is -2.63. The summed E-state index contributed by atoms with van der Waals surface area (Å²) in [5, 5.41) is 11.8. The Morgan fingerprint density at radius 1 is 1.25 bits per heavy atom. The van der Waals surface area contributed by atoms with E-state index < -0.39 is 5.97 Å². The molecular formula is C15H21NO4. The van der Waals surface area contributed by atoms with E-state index in [1.54, 1.807) is 6.08 Å². The van der Waals surface area contributed by atoms with Crippen molar-refractivity contribution in [3.05, 3.63) is 12.7 Å². The summed E-state index contributed by atoms with van der Waals surface area (Å²) in [6, 6.07) is 0.222. The van der Waals surface area contributed by atoms with Crippen LogP contribution in [0.15, 0.2) is 12.7 Å². The van der Waals surface area contributed by atoms with Crippen LogP contribution in [0.3, 0.4) is 0 Å². The van der Waals surface area contributed by atoms with E-state index >= 15 is 0 Å². The monoisotopic (exact) mass is 279 g/mol. The van der Waals surface area contributed by atoms with Crippen LogP contribution in [0.5, 0.6) is 0 Å². The van der Waals surface area contributed by atoms with Crippen LogP contribution in [-0.4, -0.2) is 29.8 Å². The molecule has 2 N–H and O–H groups in total. The first-order chi connectivity index (χ1) is 9.46. The van der Waals surface area contributed by atoms with Crippen molar-refractivity contribution >= 4 is 12.1 Å². The van der Waals surface area contributed by atoms with Gasteiger partial charge in [-0.1, -0.05) is 12.7 Å². The number of nitrogens with one attached hydrogen (secondary N) is 1. The molecule has 20 heavy (non-hydrogen) atoms. The SMILES string of the molecule is C=CCOC(=O)NC1CC2(C1)CC1(CC(C(=O)O)C1)C2. The molecule has 0 aromatic rings. The van der Waals surface area contributed by atoms with Crippen molar-refractivity contribution in [1.29, 1.82) is 0 Å². The Morgan fingerprint density at radius 2 is 1.85 bits per heavy atom. The number of carbonyl (C=O) groups excluding carboxylic acids is 1. The molecule has 1 amide bonds. The highest BCUT2D eigenvalue weighted by atomic mass is 16.5. The number of hydrogen-bond acceptors (Lipinski definition) is 3. The Kier molecular flexibility index (Phi) is 3.03. The van der Waals surface area contributed by atoms with Crippen molar-refractivity contribution in [3.8, 4) is 0 Å². The molecule has 110 valence electrons. The van der Waals surface area contributed by atoms with Crippen LogP contribution < -0.4 is 5.32 Å². The molecule has 0 radical (unpaired) electrons. The minimum absolute atomic E-state index is 0.116. The quantitative estimate of drug-likeness (QED) is 0.774. The molecule has 5 nitrogen and oxygen atoms in total. The van der Waals surface area contributed by atoms with Crippen molar-refractivity contribution in [1.82, 2.24) is 5.32 Å². The Hall–Kier alpha value is -1.52. The van der Waals surface area contributed by atoms with Crippen LogP contribution in [0, 0.1) is 16.7 Å². The van der Waals surface area contributed by atoms with Gasteiger partial charge in [-0.25, -0.2) is 4.79 Å². The fraction of sp³-hybridized carbons (Fsp3) is 0.733. The number of amides is 1. The number of alkyl carbamates (subject to hydrolysis) is 1. The van der Waals surface area contributed by atoms with E-state index in [0.29, 0.717) is 10.8 Å². The molecule has 0 atom stereocenters. The lowest BCUT2D eigenvalue weighted by molar-refractivity contribution is -0.187. The standard InChI is InChI=1S/C15H21NO4/c1-2-3-20-13(19)16-11-6-15(7-11)8-14(9-15)4-10(5-14)12(17)18/h2,10-11H,1,3-9H2,(H,16,19)(H,17,18). The Balaban J connectivity index is 1.37. The third kappa shape index (κ3) is 2.19. The predicted octanol–water partition coefficient (Wildman–Crippen LogP) is 2.32. The van der Waals surface area contributed by atoms with Crippen molar-refractivity contribution in [2.24, 2.45) is 16.7 Å². The number of ether oxygens (including phenoxy) is 1. The van der Waals surface area contributed by atoms with Crippen LogP contribution >= 0.6 is 0 Å². The molecule has 0 bridgehead atoms. The summed E-state index contributed by atoms with van der Waals surface area (Å²) >= 11 is 0. The molecule has 3 fully saturated rings. The number of carboxylic acids is 1. The summed E-state index contributed by atoms with van der Waals surface area (Å²) < 4.78 is 4.90. The second-order valence-electron chi connectivity index (χ2n) is 6.93. The number of carboxylic acid groups (broad SMARTS) is 1.